The molecule has 1 heterocycles. The van der Waals surface area contributed by atoms with E-state index < -0.39 is 67.0 Å². The Labute approximate surface area is 282 Å². The third-order valence-electron chi connectivity index (χ3n) is 8.20. The number of carboxylic acids is 1. The molecule has 0 radical (unpaired) electrons. The Balaban J connectivity index is 1.74. The Morgan fingerprint density at radius 3 is 1.96 bits per heavy atom. The first-order valence-electron chi connectivity index (χ1n) is 15.5. The van der Waals surface area contributed by atoms with Crippen molar-refractivity contribution < 1.29 is 57.5 Å². The van der Waals surface area contributed by atoms with Gasteiger partial charge in [0, 0.05) is 38.6 Å². The van der Waals surface area contributed by atoms with Gasteiger partial charge in [-0.25, -0.2) is 4.79 Å². The van der Waals surface area contributed by atoms with Crippen LogP contribution in [0.5, 0.6) is 5.75 Å². The van der Waals surface area contributed by atoms with Crippen molar-refractivity contribution in [3.8, 4) is 16.9 Å². The van der Waals surface area contributed by atoms with Crippen LogP contribution < -0.4 is 4.74 Å². The molecular weight excluding hydrogens is 636 g/mol. The lowest BCUT2D eigenvalue weighted by atomic mass is 9.86. The largest absolute Gasteiger partial charge is 0.496 e. The van der Waals surface area contributed by atoms with Crippen LogP contribution in [0.2, 0.25) is 0 Å². The Bertz CT molecular complexity index is 1880. The summed E-state index contributed by atoms with van der Waals surface area (Å²) in [6.45, 7) is 4.28. The predicted octanol–water partition coefficient (Wildman–Crippen LogP) is 5.04. The van der Waals surface area contributed by atoms with Gasteiger partial charge >= 0.3 is 29.8 Å². The van der Waals surface area contributed by atoms with Crippen molar-refractivity contribution in [3.63, 3.8) is 0 Å². The topological polar surface area (TPSA) is 161 Å². The molecule has 1 N–H and O–H groups in total. The van der Waals surface area contributed by atoms with Crippen molar-refractivity contribution in [2.75, 3.05) is 13.7 Å². The number of ether oxygens (including phenoxy) is 6. The number of esters is 4. The number of methoxy groups -OCH3 is 1. The molecule has 12 heteroatoms. The Kier molecular flexibility index (Phi) is 10.5. The number of aromatic carboxylic acids is 1. The molecule has 2 aromatic rings. The van der Waals surface area contributed by atoms with E-state index in [4.69, 9.17) is 28.4 Å². The van der Waals surface area contributed by atoms with E-state index in [-0.39, 0.29) is 12.0 Å². The quantitative estimate of drug-likeness (QED) is 0.177. The van der Waals surface area contributed by atoms with Crippen LogP contribution in [0, 0.1) is 0 Å². The number of carbonyl (C=O) groups is 5. The molecule has 5 rings (SSSR count). The standard InChI is InChI=1S/C37H36O12/c1-19(38)45-18-30-34(46-20(2)39)36(48-22(4)41)35(47-21(3)40)33(49-30)29-17-24(26-12-9-10-14-28(26)32(29)44-5)16-25-15-23-11-7-6-8-13-27(23)31(25)37(42)43/h6-15,17,30,33-36H,16,18H2,1-5H3,(H,42,43)/t30-,33+,34-,35+,36+/m1/s1. The maximum absolute atomic E-state index is 12.6. The van der Waals surface area contributed by atoms with Gasteiger partial charge in [0.15, 0.2) is 18.3 Å². The van der Waals surface area contributed by atoms with E-state index >= 15 is 0 Å². The number of benzene rings is 2. The lowest BCUT2D eigenvalue weighted by Gasteiger charge is -2.45. The zero-order valence-corrected chi connectivity index (χ0v) is 27.6. The van der Waals surface area contributed by atoms with Crippen LogP contribution in [-0.2, 0) is 49.3 Å². The third-order valence-corrected chi connectivity index (χ3v) is 8.20. The summed E-state index contributed by atoms with van der Waals surface area (Å²) in [7, 11) is 1.46. The van der Waals surface area contributed by atoms with E-state index in [1.807, 2.05) is 48.5 Å². The maximum atomic E-state index is 12.6. The highest BCUT2D eigenvalue weighted by atomic mass is 16.7. The fraction of sp³-hybridized carbons (Fsp3) is 0.324. The molecule has 5 atom stereocenters. The number of fused-ring (bicyclic) bond motifs is 2. The molecule has 1 aliphatic heterocycles. The van der Waals surface area contributed by atoms with Gasteiger partial charge in [-0.2, -0.15) is 0 Å². The van der Waals surface area contributed by atoms with Crippen LogP contribution in [0.4, 0.5) is 0 Å². The first kappa shape index (κ1) is 34.8. The number of carboxylic acid groups (broad SMARTS) is 1. The van der Waals surface area contributed by atoms with E-state index in [1.165, 1.54) is 21.0 Å². The van der Waals surface area contributed by atoms with Gasteiger partial charge in [0.1, 0.15) is 24.6 Å². The SMILES string of the molecule is COc1c([C@@H]2O[C@H](COC(C)=O)[C@@H](OC(C)=O)[C@H](OC(C)=O)[C@H]2OC(C)=O)cc(Cc2cc3cccccc-3c2C(=O)O)c2ccccc12. The highest BCUT2D eigenvalue weighted by molar-refractivity contribution is 6.00. The minimum absolute atomic E-state index is 0.167. The molecule has 0 bridgehead atoms. The number of hydrogen-bond donors (Lipinski definition) is 1. The zero-order chi connectivity index (χ0) is 35.4. The lowest BCUT2D eigenvalue weighted by molar-refractivity contribution is -0.254. The molecule has 0 unspecified atom stereocenters. The highest BCUT2D eigenvalue weighted by Gasteiger charge is 2.53. The van der Waals surface area contributed by atoms with E-state index in [0.717, 1.165) is 24.8 Å². The smallest absolute Gasteiger partial charge is 0.336 e. The van der Waals surface area contributed by atoms with Crippen molar-refractivity contribution in [3.05, 3.63) is 89.0 Å². The molecule has 256 valence electrons. The molecule has 0 aromatic heterocycles. The molecule has 49 heavy (non-hydrogen) atoms. The van der Waals surface area contributed by atoms with Crippen molar-refractivity contribution in [1.29, 1.82) is 0 Å². The van der Waals surface area contributed by atoms with Crippen LogP contribution in [0.25, 0.3) is 21.9 Å². The molecule has 12 nitrogen and oxygen atoms in total. The van der Waals surface area contributed by atoms with Gasteiger partial charge in [0.05, 0.1) is 12.7 Å². The molecular formula is C37H36O12. The van der Waals surface area contributed by atoms with Crippen molar-refractivity contribution >= 4 is 40.6 Å². The third kappa shape index (κ3) is 7.49. The van der Waals surface area contributed by atoms with Gasteiger partial charge in [-0.1, -0.05) is 54.6 Å². The fourth-order valence-electron chi connectivity index (χ4n) is 6.46. The Morgan fingerprint density at radius 2 is 1.33 bits per heavy atom. The second-order valence-electron chi connectivity index (χ2n) is 11.6. The van der Waals surface area contributed by atoms with Gasteiger partial charge in [0.25, 0.3) is 0 Å². The minimum Gasteiger partial charge on any atom is -0.496 e. The minimum atomic E-state index is -1.39. The average molecular weight is 673 g/mol. The van der Waals surface area contributed by atoms with Crippen LogP contribution in [0.1, 0.15) is 60.8 Å². The van der Waals surface area contributed by atoms with E-state index in [0.29, 0.717) is 33.4 Å². The van der Waals surface area contributed by atoms with Crippen LogP contribution in [0.3, 0.4) is 0 Å². The van der Waals surface area contributed by atoms with E-state index in [9.17, 15) is 29.1 Å². The second-order valence-corrected chi connectivity index (χ2v) is 11.6. The summed E-state index contributed by atoms with van der Waals surface area (Å²) in [5, 5.41) is 11.7. The van der Waals surface area contributed by atoms with Crippen LogP contribution in [-0.4, -0.2) is 73.1 Å². The molecule has 2 aliphatic carbocycles. The molecule has 3 aliphatic rings. The molecule has 2 aromatic carbocycles. The molecule has 0 amide bonds. The summed E-state index contributed by atoms with van der Waals surface area (Å²) in [4.78, 5) is 61.7. The number of carbonyl (C=O) groups excluding carboxylic acids is 4. The van der Waals surface area contributed by atoms with E-state index in [1.54, 1.807) is 18.2 Å². The summed E-state index contributed by atoms with van der Waals surface area (Å²) < 4.78 is 34.6. The van der Waals surface area contributed by atoms with Crippen LogP contribution in [0.15, 0.2) is 66.7 Å². The van der Waals surface area contributed by atoms with Gasteiger partial charge in [0.2, 0.25) is 0 Å². The summed E-state index contributed by atoms with van der Waals surface area (Å²) in [5.74, 6) is -3.60. The number of hydrogen-bond acceptors (Lipinski definition) is 11. The summed E-state index contributed by atoms with van der Waals surface area (Å²) in [6, 6.07) is 20.0. The van der Waals surface area contributed by atoms with Gasteiger partial charge < -0.3 is 33.5 Å². The first-order chi connectivity index (χ1) is 23.4. The fourth-order valence-corrected chi connectivity index (χ4v) is 6.46. The first-order valence-corrected chi connectivity index (χ1v) is 15.5. The lowest BCUT2D eigenvalue weighted by Crippen LogP contribution is -2.59. The average Bonchev–Trinajstić information content (AvgIpc) is 3.21. The van der Waals surface area contributed by atoms with Crippen molar-refractivity contribution in [2.24, 2.45) is 0 Å². The van der Waals surface area contributed by atoms with Crippen molar-refractivity contribution in [2.45, 2.75) is 64.6 Å². The summed E-state index contributed by atoms with van der Waals surface area (Å²) >= 11 is 0. The van der Waals surface area contributed by atoms with Crippen molar-refractivity contribution in [1.82, 2.24) is 0 Å². The normalized spacial score (nSPS) is 20.3. The van der Waals surface area contributed by atoms with Gasteiger partial charge in [-0.3, -0.25) is 19.2 Å². The van der Waals surface area contributed by atoms with E-state index in [2.05, 4.69) is 0 Å². The predicted molar refractivity (Wildman–Crippen MR) is 174 cm³/mol. The molecule has 0 spiro atoms. The summed E-state index contributed by atoms with van der Waals surface area (Å²) in [6.07, 6.45) is -6.28. The highest BCUT2D eigenvalue weighted by Crippen LogP contribution is 2.45. The molecule has 0 saturated carbocycles. The summed E-state index contributed by atoms with van der Waals surface area (Å²) in [5.41, 5.74) is 3.14. The molecule has 1 saturated heterocycles. The Morgan fingerprint density at radius 1 is 0.714 bits per heavy atom. The second kappa shape index (κ2) is 14.7. The van der Waals surface area contributed by atoms with Gasteiger partial charge in [-0.05, 0) is 46.2 Å². The Hall–Kier alpha value is -5.49. The molecule has 1 fully saturated rings. The monoisotopic (exact) mass is 672 g/mol. The number of rotatable bonds is 10. The van der Waals surface area contributed by atoms with Crippen LogP contribution >= 0.6 is 0 Å². The maximum Gasteiger partial charge on any atom is 0.336 e. The zero-order valence-electron chi connectivity index (χ0n) is 27.6. The van der Waals surface area contributed by atoms with Gasteiger partial charge in [-0.15, -0.1) is 0 Å².